The second kappa shape index (κ2) is 12.0. The number of thioether (sulfide) groups is 1. The molecular formula is C28H29ClN3O6S-. The number of rotatable bonds is 9. The van der Waals surface area contributed by atoms with E-state index in [1.165, 1.54) is 11.8 Å². The van der Waals surface area contributed by atoms with Gasteiger partial charge >= 0.3 is 0 Å². The van der Waals surface area contributed by atoms with E-state index in [-0.39, 0.29) is 23.6 Å². The number of morpholine rings is 1. The average molecular weight is 571 g/mol. The molecule has 2 atom stereocenters. The molecule has 1 amide bonds. The third kappa shape index (κ3) is 6.41. The molecule has 206 valence electrons. The number of halogens is 1. The number of nitrogens with one attached hydrogen (secondary N) is 1. The molecule has 1 fully saturated rings. The number of ether oxygens (including phenoxy) is 2. The first kappa shape index (κ1) is 27.5. The highest BCUT2D eigenvalue weighted by Gasteiger charge is 2.27. The smallest absolute Gasteiger partial charge is 0.257 e. The number of carboxylic acids is 1. The van der Waals surface area contributed by atoms with Crippen LogP contribution < -0.4 is 20.6 Å². The van der Waals surface area contributed by atoms with Gasteiger partial charge in [0.25, 0.3) is 5.91 Å². The summed E-state index contributed by atoms with van der Waals surface area (Å²) >= 11 is 7.19. The van der Waals surface area contributed by atoms with Crippen LogP contribution >= 0.6 is 23.4 Å². The van der Waals surface area contributed by atoms with Gasteiger partial charge in [0, 0.05) is 48.4 Å². The molecule has 1 N–H and O–H groups in total. The van der Waals surface area contributed by atoms with Crippen molar-refractivity contribution in [3.05, 3.63) is 74.5 Å². The molecule has 2 aromatic carbocycles. The predicted molar refractivity (Wildman–Crippen MR) is 148 cm³/mol. The van der Waals surface area contributed by atoms with Crippen molar-refractivity contribution in [2.24, 2.45) is 0 Å². The molecule has 0 radical (unpaired) electrons. The molecule has 9 nitrogen and oxygen atoms in total. The van der Waals surface area contributed by atoms with Crippen LogP contribution in [0, 0.1) is 0 Å². The minimum Gasteiger partial charge on any atom is -0.549 e. The van der Waals surface area contributed by atoms with Gasteiger partial charge in [0.2, 0.25) is 5.43 Å². The highest BCUT2D eigenvalue weighted by Crippen LogP contribution is 2.33. The van der Waals surface area contributed by atoms with E-state index < -0.39 is 17.1 Å². The molecule has 2 aliphatic rings. The molecule has 3 aromatic rings. The van der Waals surface area contributed by atoms with Crippen molar-refractivity contribution in [3.8, 4) is 5.75 Å². The molecule has 39 heavy (non-hydrogen) atoms. The van der Waals surface area contributed by atoms with E-state index in [9.17, 15) is 19.5 Å². The normalized spacial score (nSPS) is 17.9. The van der Waals surface area contributed by atoms with Gasteiger partial charge in [-0.05, 0) is 42.3 Å². The third-order valence-corrected chi connectivity index (χ3v) is 8.38. The molecule has 0 aliphatic carbocycles. The molecule has 1 saturated heterocycles. The third-order valence-electron chi connectivity index (χ3n) is 6.87. The van der Waals surface area contributed by atoms with E-state index in [0.717, 1.165) is 24.2 Å². The van der Waals surface area contributed by atoms with Crippen molar-refractivity contribution in [1.29, 1.82) is 0 Å². The Morgan fingerprint density at radius 1 is 1.18 bits per heavy atom. The minimum atomic E-state index is -1.13. The number of carbonyl (C=O) groups is 2. The number of hydrogen-bond donors (Lipinski definition) is 1. The van der Waals surface area contributed by atoms with Crippen LogP contribution in [0.1, 0.15) is 28.4 Å². The number of benzene rings is 2. The topological polar surface area (TPSA) is 113 Å². The Hall–Kier alpha value is -3.05. The molecule has 2 aliphatic heterocycles. The number of nitrogens with zero attached hydrogens (tertiary/aromatic N) is 2. The summed E-state index contributed by atoms with van der Waals surface area (Å²) in [6.07, 6.45) is 1.23. The van der Waals surface area contributed by atoms with Gasteiger partial charge in [-0.2, -0.15) is 0 Å². The molecular weight excluding hydrogens is 542 g/mol. The Balaban J connectivity index is 1.47. The zero-order chi connectivity index (χ0) is 27.5. The lowest BCUT2D eigenvalue weighted by Crippen LogP contribution is -2.37. The second-order valence-electron chi connectivity index (χ2n) is 9.75. The SMILES string of the molecule is CC(SCC1Cn2cc(C(=O)NCc3ccc(Cl)cc3)c(=O)c3cc(CN4CCOCC4)cc(c32)O1)C(=O)[O-]. The fourth-order valence-electron chi connectivity index (χ4n) is 4.79. The van der Waals surface area contributed by atoms with Crippen molar-refractivity contribution in [1.82, 2.24) is 14.8 Å². The maximum Gasteiger partial charge on any atom is 0.257 e. The van der Waals surface area contributed by atoms with Gasteiger partial charge in [-0.15, -0.1) is 11.8 Å². The summed E-state index contributed by atoms with van der Waals surface area (Å²) in [5.41, 5.74) is 2.08. The van der Waals surface area contributed by atoms with Crippen LogP contribution in [0.5, 0.6) is 5.75 Å². The van der Waals surface area contributed by atoms with Crippen LogP contribution in [0.2, 0.25) is 5.02 Å². The molecule has 2 unspecified atom stereocenters. The van der Waals surface area contributed by atoms with Gasteiger partial charge < -0.3 is 29.3 Å². The first-order chi connectivity index (χ1) is 18.8. The first-order valence-electron chi connectivity index (χ1n) is 12.8. The largest absolute Gasteiger partial charge is 0.549 e. The fourth-order valence-corrected chi connectivity index (χ4v) is 5.72. The zero-order valence-electron chi connectivity index (χ0n) is 21.5. The summed E-state index contributed by atoms with van der Waals surface area (Å²) < 4.78 is 13.6. The van der Waals surface area contributed by atoms with Crippen LogP contribution in [-0.2, 0) is 29.2 Å². The van der Waals surface area contributed by atoms with Crippen LogP contribution in [0.3, 0.4) is 0 Å². The highest BCUT2D eigenvalue weighted by atomic mass is 35.5. The van der Waals surface area contributed by atoms with E-state index >= 15 is 0 Å². The molecule has 0 saturated carbocycles. The summed E-state index contributed by atoms with van der Waals surface area (Å²) in [4.78, 5) is 40.3. The number of pyridine rings is 1. The van der Waals surface area contributed by atoms with Gasteiger partial charge in [0.15, 0.2) is 0 Å². The summed E-state index contributed by atoms with van der Waals surface area (Å²) in [5.74, 6) is -0.634. The maximum atomic E-state index is 13.6. The van der Waals surface area contributed by atoms with E-state index in [4.69, 9.17) is 21.1 Å². The second-order valence-corrected chi connectivity index (χ2v) is 11.6. The fraction of sp³-hybridized carbons (Fsp3) is 0.393. The number of aromatic nitrogens is 1. The molecule has 11 heteroatoms. The van der Waals surface area contributed by atoms with Gasteiger partial charge in [-0.1, -0.05) is 23.7 Å². The highest BCUT2D eigenvalue weighted by molar-refractivity contribution is 8.00. The molecule has 0 bridgehead atoms. The van der Waals surface area contributed by atoms with E-state index in [2.05, 4.69) is 10.2 Å². The first-order valence-corrected chi connectivity index (χ1v) is 14.2. The lowest BCUT2D eigenvalue weighted by Gasteiger charge is -2.31. The van der Waals surface area contributed by atoms with Crippen molar-refractivity contribution >= 4 is 46.1 Å². The Morgan fingerprint density at radius 2 is 1.92 bits per heavy atom. The van der Waals surface area contributed by atoms with Crippen molar-refractivity contribution in [3.63, 3.8) is 0 Å². The Labute approximate surface area is 235 Å². The summed E-state index contributed by atoms with van der Waals surface area (Å²) in [7, 11) is 0. The number of aliphatic carboxylic acids is 1. The summed E-state index contributed by atoms with van der Waals surface area (Å²) in [6, 6.07) is 10.9. The minimum absolute atomic E-state index is 0.0438. The van der Waals surface area contributed by atoms with Crippen LogP contribution in [0.4, 0.5) is 0 Å². The predicted octanol–water partition coefficient (Wildman–Crippen LogP) is 2.05. The molecule has 0 spiro atoms. The molecule has 5 rings (SSSR count). The lowest BCUT2D eigenvalue weighted by molar-refractivity contribution is -0.304. The van der Waals surface area contributed by atoms with Gasteiger partial charge in [-0.25, -0.2) is 0 Å². The number of carbonyl (C=O) groups excluding carboxylic acids is 2. The maximum absolute atomic E-state index is 13.6. The Morgan fingerprint density at radius 3 is 2.64 bits per heavy atom. The van der Waals surface area contributed by atoms with Crippen molar-refractivity contribution < 1.29 is 24.2 Å². The summed E-state index contributed by atoms with van der Waals surface area (Å²) in [6.45, 7) is 5.68. The standard InChI is InChI=1S/C28H30ClN3O6S/c1-17(28(35)36)39-16-21-14-32-15-23(27(34)30-12-18-2-4-20(29)5-3-18)26(33)22-10-19(11-24(38-21)25(22)32)13-31-6-8-37-9-7-31/h2-5,10-11,15,17,21H,6-9,12-14,16H2,1H3,(H,30,34)(H,35,36)/p-1. The van der Waals surface area contributed by atoms with Crippen LogP contribution in [0.25, 0.3) is 10.9 Å². The van der Waals surface area contributed by atoms with Gasteiger partial charge in [0.05, 0.1) is 36.6 Å². The Kier molecular flexibility index (Phi) is 8.46. The zero-order valence-corrected chi connectivity index (χ0v) is 23.1. The quantitative estimate of drug-likeness (QED) is 0.416. The average Bonchev–Trinajstić information content (AvgIpc) is 2.93. The molecule has 1 aromatic heterocycles. The Bertz CT molecular complexity index is 1440. The van der Waals surface area contributed by atoms with Gasteiger partial charge in [-0.3, -0.25) is 14.5 Å². The number of amides is 1. The van der Waals surface area contributed by atoms with Gasteiger partial charge in [0.1, 0.15) is 17.4 Å². The molecule has 3 heterocycles. The monoisotopic (exact) mass is 570 g/mol. The van der Waals surface area contributed by atoms with E-state index in [1.54, 1.807) is 25.3 Å². The van der Waals surface area contributed by atoms with Crippen LogP contribution in [-0.4, -0.2) is 64.8 Å². The van der Waals surface area contributed by atoms with Crippen molar-refractivity contribution in [2.75, 3.05) is 32.1 Å². The number of carboxylic acid groups (broad SMARTS) is 1. The van der Waals surface area contributed by atoms with Crippen LogP contribution in [0.15, 0.2) is 47.4 Å². The lowest BCUT2D eigenvalue weighted by atomic mass is 10.0. The number of hydrogen-bond acceptors (Lipinski definition) is 8. The van der Waals surface area contributed by atoms with E-state index in [1.807, 2.05) is 28.8 Å². The summed E-state index contributed by atoms with van der Waals surface area (Å²) in [5, 5.41) is 14.4. The van der Waals surface area contributed by atoms with Crippen molar-refractivity contribution in [2.45, 2.75) is 37.9 Å². The van der Waals surface area contributed by atoms with E-state index in [0.29, 0.717) is 53.7 Å².